The number of aromatic nitrogens is 2. The first-order valence-corrected chi connectivity index (χ1v) is 3.45. The van der Waals surface area contributed by atoms with E-state index in [9.17, 15) is 4.79 Å². The van der Waals surface area contributed by atoms with Crippen molar-refractivity contribution in [2.24, 2.45) is 0 Å². The molecule has 0 bridgehead atoms. The van der Waals surface area contributed by atoms with Gasteiger partial charge in [0.25, 0.3) is 0 Å². The van der Waals surface area contributed by atoms with Crippen LogP contribution in [0.2, 0.25) is 5.28 Å². The highest BCUT2D eigenvalue weighted by Crippen LogP contribution is 2.20. The summed E-state index contributed by atoms with van der Waals surface area (Å²) in [5.41, 5.74) is 1.34. The molecule has 0 unspecified atom stereocenters. The maximum Gasteiger partial charge on any atom is 0.230 e. The van der Waals surface area contributed by atoms with Crippen LogP contribution < -0.4 is 5.32 Å². The van der Waals surface area contributed by atoms with Crippen molar-refractivity contribution in [1.82, 2.24) is 9.97 Å². The van der Waals surface area contributed by atoms with Gasteiger partial charge in [0, 0.05) is 0 Å². The molecule has 0 aromatic carbocycles. The van der Waals surface area contributed by atoms with Gasteiger partial charge in [-0.1, -0.05) is 0 Å². The maximum absolute atomic E-state index is 10.8. The Morgan fingerprint density at radius 3 is 3.27 bits per heavy atom. The molecule has 5 heteroatoms. The zero-order valence-electron chi connectivity index (χ0n) is 5.47. The lowest BCUT2D eigenvalue weighted by atomic mass is 10.3. The van der Waals surface area contributed by atoms with Gasteiger partial charge in [-0.25, -0.2) is 9.97 Å². The van der Waals surface area contributed by atoms with Crippen molar-refractivity contribution in [2.45, 2.75) is 6.42 Å². The van der Waals surface area contributed by atoms with E-state index in [1.807, 2.05) is 0 Å². The first-order chi connectivity index (χ1) is 5.25. The van der Waals surface area contributed by atoms with Crippen LogP contribution in [0.25, 0.3) is 0 Å². The second kappa shape index (κ2) is 2.17. The number of carbonyl (C=O) groups is 1. The van der Waals surface area contributed by atoms with Crippen molar-refractivity contribution in [3.63, 3.8) is 0 Å². The zero-order chi connectivity index (χ0) is 7.84. The summed E-state index contributed by atoms with van der Waals surface area (Å²) < 4.78 is 0. The SMILES string of the molecule is O=C1Cc2nc(Cl)ncc2N1. The van der Waals surface area contributed by atoms with Crippen LogP contribution in [-0.4, -0.2) is 15.9 Å². The van der Waals surface area contributed by atoms with Crippen molar-refractivity contribution in [3.05, 3.63) is 17.2 Å². The smallest absolute Gasteiger partial charge is 0.230 e. The fraction of sp³-hybridized carbons (Fsp3) is 0.167. The second-order valence-electron chi connectivity index (χ2n) is 2.22. The van der Waals surface area contributed by atoms with Gasteiger partial charge in [0.2, 0.25) is 11.2 Å². The lowest BCUT2D eigenvalue weighted by molar-refractivity contribution is -0.115. The van der Waals surface area contributed by atoms with E-state index in [-0.39, 0.29) is 11.2 Å². The largest absolute Gasteiger partial charge is 0.323 e. The summed E-state index contributed by atoms with van der Waals surface area (Å²) in [6, 6.07) is 0. The molecule has 1 N–H and O–H groups in total. The lowest BCUT2D eigenvalue weighted by Crippen LogP contribution is -2.03. The van der Waals surface area contributed by atoms with E-state index >= 15 is 0 Å². The zero-order valence-corrected chi connectivity index (χ0v) is 6.22. The Labute approximate surface area is 67.6 Å². The highest BCUT2D eigenvalue weighted by Gasteiger charge is 2.19. The van der Waals surface area contributed by atoms with Gasteiger partial charge in [-0.15, -0.1) is 0 Å². The maximum atomic E-state index is 10.8. The van der Waals surface area contributed by atoms with Crippen LogP contribution in [-0.2, 0) is 11.2 Å². The molecule has 1 aliphatic heterocycles. The molecular weight excluding hydrogens is 166 g/mol. The molecule has 0 aliphatic carbocycles. The topological polar surface area (TPSA) is 54.9 Å². The van der Waals surface area contributed by atoms with Gasteiger partial charge in [0.05, 0.1) is 24.0 Å². The van der Waals surface area contributed by atoms with Crippen molar-refractivity contribution < 1.29 is 4.79 Å². The molecule has 0 radical (unpaired) electrons. The molecule has 2 heterocycles. The Hall–Kier alpha value is -1.16. The molecule has 0 atom stereocenters. The highest BCUT2D eigenvalue weighted by atomic mass is 35.5. The van der Waals surface area contributed by atoms with E-state index in [1.165, 1.54) is 6.20 Å². The van der Waals surface area contributed by atoms with Gasteiger partial charge in [-0.3, -0.25) is 4.79 Å². The van der Waals surface area contributed by atoms with Gasteiger partial charge in [0.1, 0.15) is 0 Å². The summed E-state index contributed by atoms with van der Waals surface area (Å²) in [6.07, 6.45) is 1.81. The third-order valence-corrected chi connectivity index (χ3v) is 1.62. The van der Waals surface area contributed by atoms with Crippen LogP contribution in [0.1, 0.15) is 5.69 Å². The second-order valence-corrected chi connectivity index (χ2v) is 2.56. The van der Waals surface area contributed by atoms with Crippen molar-refractivity contribution in [2.75, 3.05) is 5.32 Å². The van der Waals surface area contributed by atoms with Crippen molar-refractivity contribution in [1.29, 1.82) is 0 Å². The average Bonchev–Trinajstić information content (AvgIpc) is 2.27. The first kappa shape index (κ1) is 6.54. The van der Waals surface area contributed by atoms with Gasteiger partial charge in [0.15, 0.2) is 0 Å². The molecule has 56 valence electrons. The van der Waals surface area contributed by atoms with E-state index < -0.39 is 0 Å². The van der Waals surface area contributed by atoms with Crippen LogP contribution in [0, 0.1) is 0 Å². The summed E-state index contributed by atoms with van der Waals surface area (Å²) in [6.45, 7) is 0. The number of nitrogens with one attached hydrogen (secondary N) is 1. The van der Waals surface area contributed by atoms with Crippen molar-refractivity contribution >= 4 is 23.2 Å². The van der Waals surface area contributed by atoms with E-state index in [4.69, 9.17) is 11.6 Å². The Kier molecular flexibility index (Phi) is 1.29. The Balaban J connectivity index is 2.51. The number of nitrogens with zero attached hydrogens (tertiary/aromatic N) is 2. The number of fused-ring (bicyclic) bond motifs is 1. The molecule has 2 rings (SSSR count). The number of halogens is 1. The molecule has 4 nitrogen and oxygen atoms in total. The normalized spacial score (nSPS) is 14.5. The average molecular weight is 170 g/mol. The molecule has 1 aromatic heterocycles. The fourth-order valence-electron chi connectivity index (χ4n) is 0.978. The summed E-state index contributed by atoms with van der Waals surface area (Å²) in [7, 11) is 0. The molecule has 11 heavy (non-hydrogen) atoms. The molecule has 0 spiro atoms. The number of hydrogen-bond donors (Lipinski definition) is 1. The molecular formula is C6H4ClN3O. The Morgan fingerprint density at radius 1 is 1.64 bits per heavy atom. The van der Waals surface area contributed by atoms with E-state index in [0.29, 0.717) is 17.8 Å². The number of carbonyl (C=O) groups excluding carboxylic acids is 1. The monoisotopic (exact) mass is 169 g/mol. The van der Waals surface area contributed by atoms with Crippen LogP contribution in [0.5, 0.6) is 0 Å². The van der Waals surface area contributed by atoms with Gasteiger partial charge < -0.3 is 5.32 Å². The molecule has 0 saturated heterocycles. The summed E-state index contributed by atoms with van der Waals surface area (Å²) >= 11 is 5.51. The van der Waals surface area contributed by atoms with Crippen LogP contribution in [0.3, 0.4) is 0 Å². The molecule has 0 fully saturated rings. The predicted octanol–water partition coefficient (Wildman–Crippen LogP) is 0.625. The minimum Gasteiger partial charge on any atom is -0.323 e. The summed E-state index contributed by atoms with van der Waals surface area (Å²) in [5.74, 6) is -0.0587. The quantitative estimate of drug-likeness (QED) is 0.580. The van der Waals surface area contributed by atoms with Crippen molar-refractivity contribution in [3.8, 4) is 0 Å². The number of amides is 1. The third-order valence-electron chi connectivity index (χ3n) is 1.44. The van der Waals surface area contributed by atoms with Crippen LogP contribution in [0.15, 0.2) is 6.20 Å². The van der Waals surface area contributed by atoms with E-state index in [1.54, 1.807) is 0 Å². The predicted molar refractivity (Wildman–Crippen MR) is 39.4 cm³/mol. The van der Waals surface area contributed by atoms with E-state index in [0.717, 1.165) is 0 Å². The number of hydrogen-bond acceptors (Lipinski definition) is 3. The molecule has 0 saturated carbocycles. The van der Waals surface area contributed by atoms with Crippen LogP contribution in [0.4, 0.5) is 5.69 Å². The minimum absolute atomic E-state index is 0.0587. The highest BCUT2D eigenvalue weighted by molar-refractivity contribution is 6.28. The molecule has 1 aliphatic rings. The van der Waals surface area contributed by atoms with Gasteiger partial charge >= 0.3 is 0 Å². The van der Waals surface area contributed by atoms with Gasteiger partial charge in [-0.2, -0.15) is 0 Å². The lowest BCUT2D eigenvalue weighted by Gasteiger charge is -1.94. The summed E-state index contributed by atoms with van der Waals surface area (Å²) in [4.78, 5) is 18.4. The Morgan fingerprint density at radius 2 is 2.45 bits per heavy atom. The fourth-order valence-corrected chi connectivity index (χ4v) is 1.13. The molecule has 1 amide bonds. The van der Waals surface area contributed by atoms with Crippen LogP contribution >= 0.6 is 11.6 Å². The van der Waals surface area contributed by atoms with E-state index in [2.05, 4.69) is 15.3 Å². The minimum atomic E-state index is -0.0587. The standard InChI is InChI=1S/C6H4ClN3O/c7-6-8-2-4-3(10-6)1-5(11)9-4/h2H,1H2,(H,9,11). The third kappa shape index (κ3) is 1.05. The summed E-state index contributed by atoms with van der Waals surface area (Å²) in [5, 5.41) is 2.78. The Bertz CT molecular complexity index is 326. The first-order valence-electron chi connectivity index (χ1n) is 3.07. The molecule has 1 aromatic rings. The van der Waals surface area contributed by atoms with Gasteiger partial charge in [-0.05, 0) is 11.6 Å². The number of rotatable bonds is 0. The number of anilines is 1.